The van der Waals surface area contributed by atoms with Crippen molar-refractivity contribution in [2.24, 2.45) is 0 Å². The van der Waals surface area contributed by atoms with Gasteiger partial charge in [-0.15, -0.1) is 0 Å². The average molecular weight is 359 g/mol. The highest BCUT2D eigenvalue weighted by Gasteiger charge is 2.37. The molecule has 0 radical (unpaired) electrons. The van der Waals surface area contributed by atoms with Crippen LogP contribution in [-0.2, 0) is 9.53 Å². The molecule has 0 saturated carbocycles. The number of hydrogen-bond acceptors (Lipinski definition) is 5. The molecule has 0 atom stereocenters. The summed E-state index contributed by atoms with van der Waals surface area (Å²) >= 11 is 12.0. The molecule has 0 spiro atoms. The van der Waals surface area contributed by atoms with Crippen molar-refractivity contribution < 1.29 is 23.9 Å². The highest BCUT2D eigenvalue weighted by Crippen LogP contribution is 2.38. The van der Waals surface area contributed by atoms with E-state index in [1.165, 1.54) is 12.1 Å². The zero-order valence-electron chi connectivity index (χ0n) is 12.4. The molecule has 1 fully saturated rings. The first-order valence-electron chi connectivity index (χ1n) is 6.34. The predicted molar refractivity (Wildman–Crippen MR) is 83.9 cm³/mol. The smallest absolute Gasteiger partial charge is 0.437 e. The zero-order chi connectivity index (χ0) is 17.3. The molecule has 7 nitrogen and oxygen atoms in total. The Hall–Kier alpha value is -2.25. The molecule has 1 aromatic carbocycles. The molecule has 3 amide bonds. The first-order valence-corrected chi connectivity index (χ1v) is 7.09. The summed E-state index contributed by atoms with van der Waals surface area (Å²) in [5.74, 6) is -0.660. The predicted octanol–water partition coefficient (Wildman–Crippen LogP) is 3.49. The molecule has 0 aromatic heterocycles. The van der Waals surface area contributed by atoms with Crippen LogP contribution < -0.4 is 15.0 Å². The van der Waals surface area contributed by atoms with E-state index >= 15 is 0 Å². The second kappa shape index (κ2) is 6.47. The van der Waals surface area contributed by atoms with Gasteiger partial charge in [0.25, 0.3) is 5.91 Å². The first kappa shape index (κ1) is 17.1. The van der Waals surface area contributed by atoms with Gasteiger partial charge in [-0.05, 0) is 25.5 Å². The fraction of sp³-hybridized carbons (Fsp3) is 0.214. The van der Waals surface area contributed by atoms with E-state index in [-0.39, 0.29) is 27.2 Å². The van der Waals surface area contributed by atoms with Gasteiger partial charge in [0.05, 0.1) is 22.8 Å². The molecule has 1 N–H and O–H groups in total. The van der Waals surface area contributed by atoms with E-state index in [0.717, 1.165) is 12.0 Å². The molecule has 0 bridgehead atoms. The minimum Gasteiger partial charge on any atom is -0.437 e. The molecule has 1 aliphatic heterocycles. The lowest BCUT2D eigenvalue weighted by Crippen LogP contribution is -2.31. The van der Waals surface area contributed by atoms with E-state index in [1.807, 2.05) is 0 Å². The Balaban J connectivity index is 2.49. The number of imide groups is 1. The lowest BCUT2D eigenvalue weighted by molar-refractivity contribution is -0.114. The quantitative estimate of drug-likeness (QED) is 0.378. The number of halogens is 2. The van der Waals surface area contributed by atoms with Crippen LogP contribution in [0.5, 0.6) is 5.75 Å². The van der Waals surface area contributed by atoms with E-state index in [2.05, 4.69) is 10.1 Å². The number of ether oxygens (including phenoxy) is 2. The number of benzene rings is 1. The molecule has 1 saturated heterocycles. The molecular formula is C14H12Cl2N2O5. The number of anilines is 1. The lowest BCUT2D eigenvalue weighted by Gasteiger charge is -2.16. The van der Waals surface area contributed by atoms with Gasteiger partial charge in [-0.1, -0.05) is 23.2 Å². The minimum atomic E-state index is -0.998. The van der Waals surface area contributed by atoms with Gasteiger partial charge in [-0.25, -0.2) is 14.5 Å². The Labute approximate surface area is 141 Å². The van der Waals surface area contributed by atoms with Crippen LogP contribution in [0.15, 0.2) is 23.4 Å². The van der Waals surface area contributed by atoms with Gasteiger partial charge >= 0.3 is 12.2 Å². The van der Waals surface area contributed by atoms with Crippen LogP contribution in [-0.4, -0.2) is 25.2 Å². The first-order chi connectivity index (χ1) is 10.8. The van der Waals surface area contributed by atoms with Gasteiger partial charge in [-0.3, -0.25) is 4.79 Å². The van der Waals surface area contributed by atoms with Crippen LogP contribution in [0.1, 0.15) is 13.8 Å². The number of amides is 3. The Kier molecular flexibility index (Phi) is 4.82. The maximum Gasteiger partial charge on any atom is 0.513 e. The molecular weight excluding hydrogens is 347 g/mol. The Morgan fingerprint density at radius 2 is 1.83 bits per heavy atom. The molecule has 9 heteroatoms. The van der Waals surface area contributed by atoms with Crippen molar-refractivity contribution in [1.29, 1.82) is 0 Å². The monoisotopic (exact) mass is 358 g/mol. The third-order valence-corrected chi connectivity index (χ3v) is 3.55. The van der Waals surface area contributed by atoms with Crippen LogP contribution in [0.3, 0.4) is 0 Å². The Morgan fingerprint density at radius 1 is 1.17 bits per heavy atom. The van der Waals surface area contributed by atoms with Crippen molar-refractivity contribution in [3.63, 3.8) is 0 Å². The number of rotatable bonds is 2. The fourth-order valence-electron chi connectivity index (χ4n) is 1.88. The third kappa shape index (κ3) is 3.25. The van der Waals surface area contributed by atoms with Gasteiger partial charge in [0.15, 0.2) is 5.75 Å². The van der Waals surface area contributed by atoms with Gasteiger partial charge < -0.3 is 14.8 Å². The zero-order valence-corrected chi connectivity index (χ0v) is 13.9. The molecule has 0 aliphatic carbocycles. The topological polar surface area (TPSA) is 84.9 Å². The summed E-state index contributed by atoms with van der Waals surface area (Å²) in [5.41, 5.74) is 0.840. The number of nitrogens with one attached hydrogen (secondary N) is 1. The Bertz CT molecular complexity index is 741. The third-order valence-electron chi connectivity index (χ3n) is 2.95. The summed E-state index contributed by atoms with van der Waals surface area (Å²) in [6.45, 7) is 3.37. The summed E-state index contributed by atoms with van der Waals surface area (Å²) in [6, 6.07) is 1.81. The lowest BCUT2D eigenvalue weighted by atomic mass is 10.2. The van der Waals surface area contributed by atoms with Crippen LogP contribution >= 0.6 is 23.2 Å². The highest BCUT2D eigenvalue weighted by atomic mass is 35.5. The molecule has 1 heterocycles. The number of carbonyl (C=O) groups is 3. The maximum atomic E-state index is 12.3. The number of allylic oxidation sites excluding steroid dienone is 1. The van der Waals surface area contributed by atoms with Gasteiger partial charge in [0.1, 0.15) is 5.70 Å². The van der Waals surface area contributed by atoms with E-state index in [4.69, 9.17) is 27.9 Å². The van der Waals surface area contributed by atoms with Crippen molar-refractivity contribution in [2.75, 3.05) is 12.0 Å². The van der Waals surface area contributed by atoms with Gasteiger partial charge in [0.2, 0.25) is 0 Å². The number of hydrogen-bond donors (Lipinski definition) is 1. The normalized spacial score (nSPS) is 14.0. The van der Waals surface area contributed by atoms with Crippen LogP contribution in [0.2, 0.25) is 10.0 Å². The summed E-state index contributed by atoms with van der Waals surface area (Å²) in [7, 11) is 1.13. The van der Waals surface area contributed by atoms with Gasteiger partial charge in [0, 0.05) is 6.07 Å². The molecule has 23 heavy (non-hydrogen) atoms. The highest BCUT2D eigenvalue weighted by molar-refractivity contribution is 6.39. The van der Waals surface area contributed by atoms with Crippen LogP contribution in [0.4, 0.5) is 15.3 Å². The van der Waals surface area contributed by atoms with Crippen molar-refractivity contribution in [3.05, 3.63) is 33.4 Å². The average Bonchev–Trinajstić information content (AvgIpc) is 2.77. The largest absolute Gasteiger partial charge is 0.513 e. The van der Waals surface area contributed by atoms with Crippen LogP contribution in [0, 0.1) is 0 Å². The van der Waals surface area contributed by atoms with Gasteiger partial charge in [-0.2, -0.15) is 0 Å². The molecule has 0 unspecified atom stereocenters. The van der Waals surface area contributed by atoms with E-state index < -0.39 is 18.1 Å². The van der Waals surface area contributed by atoms with Crippen molar-refractivity contribution in [2.45, 2.75) is 13.8 Å². The molecule has 122 valence electrons. The standard InChI is InChI=1S/C14H12Cl2N2O5/c1-6(2)11-12(19)18(13(20)17-11)9-5-10(23-14(21)22-3)8(16)4-7(9)15/h4-5H,1-3H3,(H,17,20). The number of urea groups is 1. The minimum absolute atomic E-state index is 0.0265. The molecule has 1 aromatic rings. The SMILES string of the molecule is COC(=O)Oc1cc(N2C(=O)NC(=C(C)C)C2=O)c(Cl)cc1Cl. The van der Waals surface area contributed by atoms with Crippen molar-refractivity contribution >= 4 is 47.0 Å². The van der Waals surface area contributed by atoms with Crippen molar-refractivity contribution in [1.82, 2.24) is 5.32 Å². The number of methoxy groups -OCH3 is 1. The van der Waals surface area contributed by atoms with Crippen molar-refractivity contribution in [3.8, 4) is 5.75 Å². The second-order valence-electron chi connectivity index (χ2n) is 4.74. The summed E-state index contributed by atoms with van der Waals surface area (Å²) in [6.07, 6.45) is -0.998. The summed E-state index contributed by atoms with van der Waals surface area (Å²) < 4.78 is 9.24. The molecule has 1 aliphatic rings. The number of carbonyl (C=O) groups excluding carboxylic acids is 3. The van der Waals surface area contributed by atoms with E-state index in [0.29, 0.717) is 5.57 Å². The summed E-state index contributed by atoms with van der Waals surface area (Å²) in [4.78, 5) is 36.5. The van der Waals surface area contributed by atoms with E-state index in [9.17, 15) is 14.4 Å². The van der Waals surface area contributed by atoms with E-state index in [1.54, 1.807) is 13.8 Å². The molecule has 2 rings (SSSR count). The Morgan fingerprint density at radius 3 is 2.35 bits per heavy atom. The summed E-state index contributed by atoms with van der Waals surface area (Å²) in [5, 5.41) is 2.53. The number of nitrogens with zero attached hydrogens (tertiary/aromatic N) is 1. The van der Waals surface area contributed by atoms with Crippen LogP contribution in [0.25, 0.3) is 0 Å². The second-order valence-corrected chi connectivity index (χ2v) is 5.55. The fourth-order valence-corrected chi connectivity index (χ4v) is 2.38. The maximum absolute atomic E-state index is 12.3.